The maximum absolute atomic E-state index is 12.3. The third-order valence-electron chi connectivity index (χ3n) is 4.04. The maximum atomic E-state index is 12.3. The number of nitrogens with zero attached hydrogens (tertiary/aromatic N) is 1. The number of nitrogens with one attached hydrogen (secondary N) is 2. The number of amides is 2. The van der Waals surface area contributed by atoms with E-state index in [-0.39, 0.29) is 17.9 Å². The number of hydrogen-bond acceptors (Lipinski definition) is 4. The fraction of sp³-hybridized carbons (Fsp3) is 0.368. The van der Waals surface area contributed by atoms with Crippen molar-refractivity contribution >= 4 is 23.2 Å². The number of rotatable bonds is 7. The highest BCUT2D eigenvalue weighted by Crippen LogP contribution is 2.18. The lowest BCUT2D eigenvalue weighted by Gasteiger charge is -2.26. The molecule has 5 nitrogen and oxygen atoms in total. The Labute approximate surface area is 153 Å². The van der Waals surface area contributed by atoms with Gasteiger partial charge in [0, 0.05) is 6.54 Å². The second kappa shape index (κ2) is 8.78. The minimum absolute atomic E-state index is 0.0738. The molecule has 2 amide bonds. The highest BCUT2D eigenvalue weighted by molar-refractivity contribution is 7.12. The number of benzene rings is 1. The van der Waals surface area contributed by atoms with Crippen LogP contribution >= 0.6 is 11.3 Å². The van der Waals surface area contributed by atoms with Gasteiger partial charge in [-0.15, -0.1) is 11.3 Å². The predicted octanol–water partition coefficient (Wildman–Crippen LogP) is 2.59. The van der Waals surface area contributed by atoms with Crippen LogP contribution in [0.5, 0.6) is 0 Å². The van der Waals surface area contributed by atoms with Gasteiger partial charge in [-0.05, 0) is 45.0 Å². The van der Waals surface area contributed by atoms with Crippen LogP contribution in [0.25, 0.3) is 0 Å². The molecule has 2 aromatic rings. The Morgan fingerprint density at radius 1 is 1.16 bits per heavy atom. The molecule has 0 unspecified atom stereocenters. The fourth-order valence-corrected chi connectivity index (χ4v) is 3.11. The molecule has 1 aromatic carbocycles. The minimum atomic E-state index is -0.588. The molecule has 1 heterocycles. The van der Waals surface area contributed by atoms with Gasteiger partial charge in [0.1, 0.15) is 6.04 Å². The van der Waals surface area contributed by atoms with Gasteiger partial charge in [-0.25, -0.2) is 0 Å². The van der Waals surface area contributed by atoms with E-state index in [2.05, 4.69) is 39.8 Å². The Morgan fingerprint density at radius 3 is 2.40 bits per heavy atom. The Balaban J connectivity index is 1.92. The molecule has 0 fully saturated rings. The smallest absolute Gasteiger partial charge is 0.261 e. The van der Waals surface area contributed by atoms with E-state index in [1.54, 1.807) is 13.0 Å². The molecule has 2 rings (SSSR count). The Kier molecular flexibility index (Phi) is 6.73. The number of aryl methyl sites for hydroxylation is 1. The average molecular weight is 359 g/mol. The van der Waals surface area contributed by atoms with Gasteiger partial charge in [0.15, 0.2) is 0 Å². The molecule has 2 N–H and O–H groups in total. The number of carbonyl (C=O) groups is 2. The molecule has 0 aliphatic rings. The van der Waals surface area contributed by atoms with Crippen molar-refractivity contribution in [2.75, 3.05) is 20.6 Å². The van der Waals surface area contributed by atoms with Gasteiger partial charge in [-0.2, -0.15) is 0 Å². The summed E-state index contributed by atoms with van der Waals surface area (Å²) in [6, 6.07) is 11.3. The van der Waals surface area contributed by atoms with Crippen LogP contribution in [0.1, 0.15) is 33.8 Å². The minimum Gasteiger partial charge on any atom is -0.352 e. The zero-order valence-electron chi connectivity index (χ0n) is 15.1. The summed E-state index contributed by atoms with van der Waals surface area (Å²) in [4.78, 5) is 27.0. The van der Waals surface area contributed by atoms with Crippen molar-refractivity contribution in [3.05, 3.63) is 57.8 Å². The average Bonchev–Trinajstić information content (AvgIpc) is 3.10. The number of likely N-dealkylation sites (N-methyl/N-ethyl adjacent to an activating group) is 1. The van der Waals surface area contributed by atoms with Gasteiger partial charge in [-0.1, -0.05) is 35.9 Å². The molecule has 0 saturated carbocycles. The molecular formula is C19H25N3O2S. The normalized spacial score (nSPS) is 13.3. The van der Waals surface area contributed by atoms with Crippen LogP contribution in [0.2, 0.25) is 0 Å². The molecule has 0 saturated heterocycles. The summed E-state index contributed by atoms with van der Waals surface area (Å²) in [6.07, 6.45) is 0. The lowest BCUT2D eigenvalue weighted by molar-refractivity contribution is -0.122. The van der Waals surface area contributed by atoms with Gasteiger partial charge in [0.05, 0.1) is 10.9 Å². The first-order valence-corrected chi connectivity index (χ1v) is 9.11. The number of carbonyl (C=O) groups excluding carboxylic acids is 2. The van der Waals surface area contributed by atoms with Crippen LogP contribution in [-0.4, -0.2) is 43.4 Å². The van der Waals surface area contributed by atoms with Crippen molar-refractivity contribution in [2.45, 2.75) is 25.9 Å². The van der Waals surface area contributed by atoms with Gasteiger partial charge >= 0.3 is 0 Å². The van der Waals surface area contributed by atoms with Crippen molar-refractivity contribution < 1.29 is 9.59 Å². The Morgan fingerprint density at radius 2 is 1.84 bits per heavy atom. The summed E-state index contributed by atoms with van der Waals surface area (Å²) in [5, 5.41) is 7.50. The first-order valence-electron chi connectivity index (χ1n) is 8.23. The van der Waals surface area contributed by atoms with Crippen LogP contribution in [0.4, 0.5) is 0 Å². The van der Waals surface area contributed by atoms with Gasteiger partial charge in [0.25, 0.3) is 5.91 Å². The Hall–Kier alpha value is -2.18. The lowest BCUT2D eigenvalue weighted by atomic mass is 10.0. The topological polar surface area (TPSA) is 61.4 Å². The van der Waals surface area contributed by atoms with Gasteiger partial charge in [-0.3, -0.25) is 9.59 Å². The molecule has 0 aliphatic carbocycles. The molecule has 134 valence electrons. The molecule has 0 bridgehead atoms. The molecule has 0 spiro atoms. The van der Waals surface area contributed by atoms with Crippen molar-refractivity contribution in [3.63, 3.8) is 0 Å². The molecule has 6 heteroatoms. The van der Waals surface area contributed by atoms with E-state index in [0.717, 1.165) is 5.56 Å². The maximum Gasteiger partial charge on any atom is 0.261 e. The van der Waals surface area contributed by atoms with Gasteiger partial charge in [0.2, 0.25) is 5.91 Å². The van der Waals surface area contributed by atoms with Crippen LogP contribution in [0.3, 0.4) is 0 Å². The second-order valence-electron chi connectivity index (χ2n) is 6.31. The van der Waals surface area contributed by atoms with Crippen LogP contribution < -0.4 is 10.6 Å². The van der Waals surface area contributed by atoms with E-state index < -0.39 is 6.04 Å². The third kappa shape index (κ3) is 5.41. The van der Waals surface area contributed by atoms with E-state index in [1.807, 2.05) is 32.5 Å². The summed E-state index contributed by atoms with van der Waals surface area (Å²) in [7, 11) is 3.97. The lowest BCUT2D eigenvalue weighted by Crippen LogP contribution is -2.46. The van der Waals surface area contributed by atoms with Crippen LogP contribution in [0, 0.1) is 6.92 Å². The summed E-state index contributed by atoms with van der Waals surface area (Å²) >= 11 is 1.35. The number of thiophene rings is 1. The van der Waals surface area contributed by atoms with Gasteiger partial charge < -0.3 is 15.5 Å². The quantitative estimate of drug-likeness (QED) is 0.799. The molecule has 1 aromatic heterocycles. The SMILES string of the molecule is Cc1ccc([C@@H](CNC(=O)[C@@H](C)NC(=O)c2cccs2)N(C)C)cc1. The van der Waals surface area contributed by atoms with E-state index in [9.17, 15) is 9.59 Å². The molecule has 0 aliphatic heterocycles. The predicted molar refractivity (Wildman–Crippen MR) is 102 cm³/mol. The highest BCUT2D eigenvalue weighted by atomic mass is 32.1. The highest BCUT2D eigenvalue weighted by Gasteiger charge is 2.20. The molecule has 25 heavy (non-hydrogen) atoms. The fourth-order valence-electron chi connectivity index (χ4n) is 2.48. The van der Waals surface area contributed by atoms with E-state index in [1.165, 1.54) is 16.9 Å². The molecule has 2 atom stereocenters. The zero-order valence-corrected chi connectivity index (χ0v) is 15.9. The van der Waals surface area contributed by atoms with Crippen LogP contribution in [0.15, 0.2) is 41.8 Å². The summed E-state index contributed by atoms with van der Waals surface area (Å²) < 4.78 is 0. The third-order valence-corrected chi connectivity index (χ3v) is 4.91. The van der Waals surface area contributed by atoms with E-state index in [4.69, 9.17) is 0 Å². The van der Waals surface area contributed by atoms with E-state index in [0.29, 0.717) is 11.4 Å². The van der Waals surface area contributed by atoms with Crippen molar-refractivity contribution in [1.82, 2.24) is 15.5 Å². The standard InChI is InChI=1S/C19H25N3O2S/c1-13-7-9-15(10-8-13)16(22(3)4)12-20-18(23)14(2)21-19(24)17-6-5-11-25-17/h5-11,14,16H,12H2,1-4H3,(H,20,23)(H,21,24)/t14-,16-/m1/s1. The largest absolute Gasteiger partial charge is 0.352 e. The summed E-state index contributed by atoms with van der Waals surface area (Å²) in [5.41, 5.74) is 2.35. The van der Waals surface area contributed by atoms with Crippen molar-refractivity contribution in [1.29, 1.82) is 0 Å². The summed E-state index contributed by atoms with van der Waals surface area (Å²) in [6.45, 7) is 4.22. The molecule has 0 radical (unpaired) electrons. The first-order chi connectivity index (χ1) is 11.9. The van der Waals surface area contributed by atoms with Crippen LogP contribution in [-0.2, 0) is 4.79 Å². The molecular weight excluding hydrogens is 334 g/mol. The first kappa shape index (κ1) is 19.1. The second-order valence-corrected chi connectivity index (χ2v) is 7.26. The Bertz CT molecular complexity index is 696. The zero-order chi connectivity index (χ0) is 18.4. The monoisotopic (exact) mass is 359 g/mol. The summed E-state index contributed by atoms with van der Waals surface area (Å²) in [5.74, 6) is -0.413. The van der Waals surface area contributed by atoms with Crippen molar-refractivity contribution in [3.8, 4) is 0 Å². The van der Waals surface area contributed by atoms with Crippen molar-refractivity contribution in [2.24, 2.45) is 0 Å². The number of hydrogen-bond donors (Lipinski definition) is 2. The van der Waals surface area contributed by atoms with E-state index >= 15 is 0 Å².